The number of carboxylic acids is 1. The number of aliphatic carboxylic acids is 1. The van der Waals surface area contributed by atoms with Crippen LogP contribution in [0.4, 0.5) is 0 Å². The summed E-state index contributed by atoms with van der Waals surface area (Å²) in [5.74, 6) is 0.211. The van der Waals surface area contributed by atoms with E-state index in [1.807, 2.05) is 78.9 Å². The number of para-hydroxylation sites is 2. The molecule has 1 fully saturated rings. The van der Waals surface area contributed by atoms with Crippen molar-refractivity contribution >= 4 is 19.8 Å². The first-order valence-corrected chi connectivity index (χ1v) is 16.1. The minimum absolute atomic E-state index is 0.0665. The van der Waals surface area contributed by atoms with Crippen LogP contribution >= 0.6 is 7.82 Å². The van der Waals surface area contributed by atoms with Crippen molar-refractivity contribution in [3.8, 4) is 17.2 Å². The Hall–Kier alpha value is -3.77. The highest BCUT2D eigenvalue weighted by Crippen LogP contribution is 2.45. The number of benzene rings is 3. The van der Waals surface area contributed by atoms with Gasteiger partial charge in [-0.25, -0.2) is 4.57 Å². The molecule has 5 atom stereocenters. The fourth-order valence-electron chi connectivity index (χ4n) is 4.58. The van der Waals surface area contributed by atoms with E-state index in [0.29, 0.717) is 44.0 Å². The summed E-state index contributed by atoms with van der Waals surface area (Å²) in [5, 5.41) is 8.96. The molecule has 0 aromatic heterocycles. The van der Waals surface area contributed by atoms with Gasteiger partial charge in [-0.1, -0.05) is 48.5 Å². The average Bonchev–Trinajstić information content (AvgIpc) is 3.03. The van der Waals surface area contributed by atoms with Crippen LogP contribution in [0.25, 0.3) is 0 Å². The SMILES string of the molecule is C[C@H](OP(=O)(O)OCC1OCCC[C@@H]1OC(=O)CCc1ccccc1OCc1cccc(Oc2ccccc2)c1)[C@H](N)C(=O)O. The number of phosphoric acid groups is 1. The summed E-state index contributed by atoms with van der Waals surface area (Å²) < 4.78 is 45.5. The molecule has 1 heterocycles. The molecule has 3 aromatic carbocycles. The van der Waals surface area contributed by atoms with Crippen LogP contribution < -0.4 is 15.2 Å². The van der Waals surface area contributed by atoms with Gasteiger partial charge in [0.1, 0.15) is 42.1 Å². The number of carbonyl (C=O) groups is 2. The smallest absolute Gasteiger partial charge is 0.472 e. The van der Waals surface area contributed by atoms with Crippen LogP contribution in [0.5, 0.6) is 17.2 Å². The van der Waals surface area contributed by atoms with Gasteiger partial charge >= 0.3 is 19.8 Å². The van der Waals surface area contributed by atoms with Crippen LogP contribution in [0, 0.1) is 0 Å². The van der Waals surface area contributed by atoms with Gasteiger partial charge in [-0.3, -0.25) is 18.6 Å². The van der Waals surface area contributed by atoms with Gasteiger partial charge in [-0.15, -0.1) is 0 Å². The second-order valence-corrected chi connectivity index (χ2v) is 11.9. The lowest BCUT2D eigenvalue weighted by molar-refractivity contribution is -0.166. The van der Waals surface area contributed by atoms with Crippen LogP contribution in [0.3, 0.4) is 0 Å². The summed E-state index contributed by atoms with van der Waals surface area (Å²) in [5.41, 5.74) is 7.18. The van der Waals surface area contributed by atoms with Crippen molar-refractivity contribution in [2.75, 3.05) is 13.2 Å². The van der Waals surface area contributed by atoms with E-state index in [0.717, 1.165) is 16.9 Å². The van der Waals surface area contributed by atoms with Crippen molar-refractivity contribution < 1.29 is 52.1 Å². The first kappa shape index (κ1) is 34.1. The molecule has 3 aromatic rings. The third-order valence-corrected chi connectivity index (χ3v) is 8.07. The molecule has 0 radical (unpaired) electrons. The molecule has 4 N–H and O–H groups in total. The van der Waals surface area contributed by atoms with E-state index in [1.54, 1.807) is 0 Å². The van der Waals surface area contributed by atoms with Gasteiger partial charge in [0.2, 0.25) is 0 Å². The van der Waals surface area contributed by atoms with Crippen molar-refractivity contribution in [2.24, 2.45) is 5.73 Å². The van der Waals surface area contributed by atoms with E-state index in [1.165, 1.54) is 6.92 Å². The number of carboxylic acid groups (broad SMARTS) is 1. The second-order valence-electron chi connectivity index (χ2n) is 10.5. The van der Waals surface area contributed by atoms with E-state index in [-0.39, 0.29) is 6.42 Å². The zero-order valence-electron chi connectivity index (χ0n) is 24.9. The highest BCUT2D eigenvalue weighted by atomic mass is 31.2. The number of rotatable bonds is 16. The standard InChI is InChI=1S/C32H38NO11P/c1-22(31(33)32(35)36)44-45(37,38)41-21-29-28(15-8-18-39-29)43-30(34)17-16-24-10-5-6-14-27(24)40-20-23-9-7-13-26(19-23)42-25-11-3-2-4-12-25/h2-7,9-14,19,22,28-29,31H,8,15-18,20-21,33H2,1H3,(H,35,36)(H,37,38)/t22-,28-,29?,31-/m0/s1. The summed E-state index contributed by atoms with van der Waals surface area (Å²) in [6, 6.07) is 23.0. The van der Waals surface area contributed by atoms with E-state index in [9.17, 15) is 19.0 Å². The molecular weight excluding hydrogens is 605 g/mol. The molecule has 0 aliphatic carbocycles. The summed E-state index contributed by atoms with van der Waals surface area (Å²) in [6.07, 6.45) is -1.28. The van der Waals surface area contributed by atoms with E-state index in [4.69, 9.17) is 38.8 Å². The maximum absolute atomic E-state index is 12.8. The lowest BCUT2D eigenvalue weighted by atomic mass is 10.1. The Kier molecular flexibility index (Phi) is 12.5. The van der Waals surface area contributed by atoms with Gasteiger partial charge in [-0.05, 0) is 67.6 Å². The maximum Gasteiger partial charge on any atom is 0.472 e. The van der Waals surface area contributed by atoms with Crippen molar-refractivity contribution in [1.82, 2.24) is 0 Å². The molecule has 1 saturated heterocycles. The molecule has 1 aliphatic rings. The van der Waals surface area contributed by atoms with Crippen molar-refractivity contribution in [3.05, 3.63) is 90.0 Å². The molecule has 13 heteroatoms. The van der Waals surface area contributed by atoms with Gasteiger partial charge in [0, 0.05) is 13.0 Å². The highest BCUT2D eigenvalue weighted by molar-refractivity contribution is 7.47. The normalized spacial score (nSPS) is 19.1. The van der Waals surface area contributed by atoms with Crippen LogP contribution in [-0.2, 0) is 45.7 Å². The Morgan fingerprint density at radius 3 is 2.56 bits per heavy atom. The lowest BCUT2D eigenvalue weighted by Crippen LogP contribution is -2.42. The first-order valence-electron chi connectivity index (χ1n) is 14.6. The van der Waals surface area contributed by atoms with Gasteiger partial charge < -0.3 is 34.7 Å². The molecule has 12 nitrogen and oxygen atoms in total. The Morgan fingerprint density at radius 1 is 1.04 bits per heavy atom. The summed E-state index contributed by atoms with van der Waals surface area (Å²) in [4.78, 5) is 33.8. The molecule has 2 unspecified atom stereocenters. The fourth-order valence-corrected chi connectivity index (χ4v) is 5.52. The van der Waals surface area contributed by atoms with Crippen molar-refractivity contribution in [3.63, 3.8) is 0 Å². The fraction of sp³-hybridized carbons (Fsp3) is 0.375. The number of hydrogen-bond acceptors (Lipinski definition) is 10. The Morgan fingerprint density at radius 2 is 1.78 bits per heavy atom. The topological polar surface area (TPSA) is 173 Å². The van der Waals surface area contributed by atoms with Crippen molar-refractivity contribution in [2.45, 2.75) is 63.6 Å². The molecule has 0 bridgehead atoms. The minimum Gasteiger partial charge on any atom is -0.489 e. The monoisotopic (exact) mass is 643 g/mol. The van der Waals surface area contributed by atoms with Gasteiger partial charge in [-0.2, -0.15) is 0 Å². The second kappa shape index (κ2) is 16.5. The van der Waals surface area contributed by atoms with Crippen LogP contribution in [0.1, 0.15) is 37.3 Å². The maximum atomic E-state index is 12.8. The highest BCUT2D eigenvalue weighted by Gasteiger charge is 2.35. The van der Waals surface area contributed by atoms with Gasteiger partial charge in [0.05, 0.1) is 12.7 Å². The number of aryl methyl sites for hydroxylation is 1. The zero-order valence-corrected chi connectivity index (χ0v) is 25.8. The number of nitrogens with two attached hydrogens (primary N) is 1. The third-order valence-electron chi connectivity index (χ3n) is 7.00. The first-order chi connectivity index (χ1) is 21.6. The number of esters is 1. The van der Waals surface area contributed by atoms with Gasteiger partial charge in [0.15, 0.2) is 0 Å². The third kappa shape index (κ3) is 11.0. The number of hydrogen-bond donors (Lipinski definition) is 3. The van der Waals surface area contributed by atoms with Crippen LogP contribution in [-0.4, -0.2) is 59.5 Å². The molecule has 242 valence electrons. The molecule has 0 amide bonds. The Labute approximate surface area is 261 Å². The number of ether oxygens (including phenoxy) is 4. The number of carbonyl (C=O) groups excluding carboxylic acids is 1. The quantitative estimate of drug-likeness (QED) is 0.141. The molecule has 45 heavy (non-hydrogen) atoms. The van der Waals surface area contributed by atoms with Crippen molar-refractivity contribution in [1.29, 1.82) is 0 Å². The molecular formula is C32H38NO11P. The molecule has 0 spiro atoms. The van der Waals surface area contributed by atoms with Crippen LogP contribution in [0.15, 0.2) is 78.9 Å². The predicted molar refractivity (Wildman–Crippen MR) is 163 cm³/mol. The lowest BCUT2D eigenvalue weighted by Gasteiger charge is -2.31. The molecule has 1 aliphatic heterocycles. The summed E-state index contributed by atoms with van der Waals surface area (Å²) in [6.45, 7) is 1.49. The number of phosphoric ester groups is 1. The molecule has 4 rings (SSSR count). The average molecular weight is 644 g/mol. The predicted octanol–water partition coefficient (Wildman–Crippen LogP) is 5.02. The van der Waals surface area contributed by atoms with E-state index >= 15 is 0 Å². The van der Waals surface area contributed by atoms with E-state index < -0.39 is 50.7 Å². The Balaban J connectivity index is 1.27. The Bertz CT molecular complexity index is 1450. The largest absolute Gasteiger partial charge is 0.489 e. The van der Waals surface area contributed by atoms with Gasteiger partial charge in [0.25, 0.3) is 0 Å². The summed E-state index contributed by atoms with van der Waals surface area (Å²) >= 11 is 0. The zero-order chi connectivity index (χ0) is 32.2. The summed E-state index contributed by atoms with van der Waals surface area (Å²) in [7, 11) is -4.66. The minimum atomic E-state index is -4.66. The molecule has 0 saturated carbocycles. The van der Waals surface area contributed by atoms with E-state index in [2.05, 4.69) is 0 Å². The van der Waals surface area contributed by atoms with Crippen LogP contribution in [0.2, 0.25) is 0 Å².